The number of rotatable bonds is 4. The maximum absolute atomic E-state index is 11.8. The van der Waals surface area contributed by atoms with Gasteiger partial charge in [-0.15, -0.1) is 0 Å². The predicted octanol–water partition coefficient (Wildman–Crippen LogP) is 0.613. The molecule has 1 amide bonds. The molecule has 0 atom stereocenters. The van der Waals surface area contributed by atoms with Crippen LogP contribution in [0.25, 0.3) is 0 Å². The highest BCUT2D eigenvalue weighted by molar-refractivity contribution is 5.97. The van der Waals surface area contributed by atoms with Crippen molar-refractivity contribution in [2.24, 2.45) is 0 Å². The van der Waals surface area contributed by atoms with Gasteiger partial charge in [0.05, 0.1) is 17.0 Å². The SMILES string of the molecule is O=C(NCc1ncon1)c1cccc([N+](=O)[O-])c1O. The molecule has 0 saturated heterocycles. The summed E-state index contributed by atoms with van der Waals surface area (Å²) in [7, 11) is 0. The Hall–Kier alpha value is -2.97. The van der Waals surface area contributed by atoms with Crippen LogP contribution in [0.5, 0.6) is 5.75 Å². The number of nitro benzene ring substituents is 1. The summed E-state index contributed by atoms with van der Waals surface area (Å²) < 4.78 is 4.48. The third kappa shape index (κ3) is 2.65. The number of aromatic nitrogens is 2. The van der Waals surface area contributed by atoms with Crippen LogP contribution in [0.3, 0.4) is 0 Å². The van der Waals surface area contributed by atoms with Crippen LogP contribution in [-0.2, 0) is 6.54 Å². The number of amides is 1. The number of nitrogens with zero attached hydrogens (tertiary/aromatic N) is 3. The zero-order valence-corrected chi connectivity index (χ0v) is 9.44. The summed E-state index contributed by atoms with van der Waals surface area (Å²) in [6.07, 6.45) is 1.10. The number of hydrogen-bond acceptors (Lipinski definition) is 7. The Balaban J connectivity index is 2.15. The number of aromatic hydroxyl groups is 1. The Kier molecular flexibility index (Phi) is 3.37. The molecule has 0 bridgehead atoms. The zero-order valence-electron chi connectivity index (χ0n) is 9.44. The molecule has 0 aliphatic carbocycles. The second-order valence-corrected chi connectivity index (χ2v) is 3.46. The van der Waals surface area contributed by atoms with Gasteiger partial charge in [0.25, 0.3) is 5.91 Å². The summed E-state index contributed by atoms with van der Waals surface area (Å²) in [5, 5.41) is 26.1. The molecule has 0 radical (unpaired) electrons. The van der Waals surface area contributed by atoms with E-state index < -0.39 is 22.3 Å². The molecule has 19 heavy (non-hydrogen) atoms. The molecule has 98 valence electrons. The third-order valence-corrected chi connectivity index (χ3v) is 2.27. The van der Waals surface area contributed by atoms with E-state index in [0.29, 0.717) is 0 Å². The highest BCUT2D eigenvalue weighted by Gasteiger charge is 2.20. The Morgan fingerprint density at radius 3 is 2.95 bits per heavy atom. The topological polar surface area (TPSA) is 131 Å². The van der Waals surface area contributed by atoms with Crippen LogP contribution in [0.1, 0.15) is 16.2 Å². The number of nitro groups is 1. The van der Waals surface area contributed by atoms with Crippen LogP contribution in [0.2, 0.25) is 0 Å². The standard InChI is InChI=1S/C10H8N4O5/c15-9-6(2-1-3-7(9)14(17)18)10(16)11-4-8-12-5-19-13-8/h1-3,5,15H,4H2,(H,11,16). The smallest absolute Gasteiger partial charge is 0.311 e. The Morgan fingerprint density at radius 1 is 1.53 bits per heavy atom. The summed E-state index contributed by atoms with van der Waals surface area (Å²) >= 11 is 0. The molecule has 2 N–H and O–H groups in total. The van der Waals surface area contributed by atoms with Gasteiger partial charge in [0.2, 0.25) is 12.1 Å². The van der Waals surface area contributed by atoms with Crippen molar-refractivity contribution in [3.05, 3.63) is 46.1 Å². The van der Waals surface area contributed by atoms with Crippen LogP contribution in [0, 0.1) is 10.1 Å². The number of hydrogen-bond donors (Lipinski definition) is 2. The summed E-state index contributed by atoms with van der Waals surface area (Å²) in [5.74, 6) is -1.11. The van der Waals surface area contributed by atoms with Crippen molar-refractivity contribution >= 4 is 11.6 Å². The molecular weight excluding hydrogens is 256 g/mol. The fourth-order valence-corrected chi connectivity index (χ4v) is 1.39. The van der Waals surface area contributed by atoms with Crippen molar-refractivity contribution in [3.8, 4) is 5.75 Å². The highest BCUT2D eigenvalue weighted by atomic mass is 16.6. The van der Waals surface area contributed by atoms with Gasteiger partial charge in [-0.05, 0) is 6.07 Å². The second-order valence-electron chi connectivity index (χ2n) is 3.46. The van der Waals surface area contributed by atoms with Gasteiger partial charge in [-0.3, -0.25) is 14.9 Å². The van der Waals surface area contributed by atoms with Crippen molar-refractivity contribution in [2.45, 2.75) is 6.54 Å². The first kappa shape index (κ1) is 12.5. The minimum Gasteiger partial charge on any atom is -0.502 e. The molecule has 9 heteroatoms. The molecule has 1 aromatic carbocycles. The molecule has 1 heterocycles. The lowest BCUT2D eigenvalue weighted by Gasteiger charge is -2.04. The highest BCUT2D eigenvalue weighted by Crippen LogP contribution is 2.28. The Morgan fingerprint density at radius 2 is 2.32 bits per heavy atom. The van der Waals surface area contributed by atoms with E-state index in [4.69, 9.17) is 0 Å². The largest absolute Gasteiger partial charge is 0.502 e. The average molecular weight is 264 g/mol. The van der Waals surface area contributed by atoms with Crippen LogP contribution in [0.4, 0.5) is 5.69 Å². The number of benzene rings is 1. The van der Waals surface area contributed by atoms with Gasteiger partial charge in [-0.1, -0.05) is 11.2 Å². The number of carbonyl (C=O) groups is 1. The summed E-state index contributed by atoms with van der Waals surface area (Å²) in [6.45, 7) is -0.0164. The lowest BCUT2D eigenvalue weighted by atomic mass is 10.1. The number of para-hydroxylation sites is 1. The molecule has 0 unspecified atom stereocenters. The van der Waals surface area contributed by atoms with Crippen molar-refractivity contribution in [3.63, 3.8) is 0 Å². The van der Waals surface area contributed by atoms with Gasteiger partial charge in [-0.25, -0.2) is 0 Å². The van der Waals surface area contributed by atoms with E-state index in [0.717, 1.165) is 12.5 Å². The lowest BCUT2D eigenvalue weighted by molar-refractivity contribution is -0.385. The van der Waals surface area contributed by atoms with Crippen molar-refractivity contribution in [2.75, 3.05) is 0 Å². The van der Waals surface area contributed by atoms with Crippen molar-refractivity contribution in [1.82, 2.24) is 15.5 Å². The van der Waals surface area contributed by atoms with E-state index in [2.05, 4.69) is 20.0 Å². The maximum atomic E-state index is 11.8. The number of phenolic OH excluding ortho intramolecular Hbond substituents is 1. The Labute approximate surface area is 106 Å². The van der Waals surface area contributed by atoms with Gasteiger partial charge < -0.3 is 14.9 Å². The van der Waals surface area contributed by atoms with Crippen LogP contribution >= 0.6 is 0 Å². The maximum Gasteiger partial charge on any atom is 0.311 e. The summed E-state index contributed by atoms with van der Waals surface area (Å²) in [6, 6.07) is 3.68. The number of carbonyl (C=O) groups excluding carboxylic acids is 1. The van der Waals surface area contributed by atoms with E-state index in [1.165, 1.54) is 12.1 Å². The molecule has 0 fully saturated rings. The first-order valence-electron chi connectivity index (χ1n) is 5.09. The molecule has 0 saturated carbocycles. The van der Waals surface area contributed by atoms with Gasteiger partial charge in [-0.2, -0.15) is 4.98 Å². The van der Waals surface area contributed by atoms with Gasteiger partial charge in [0.1, 0.15) is 0 Å². The van der Waals surface area contributed by atoms with E-state index in [-0.39, 0.29) is 17.9 Å². The molecule has 9 nitrogen and oxygen atoms in total. The molecule has 2 aromatic rings. The van der Waals surface area contributed by atoms with E-state index in [1.807, 2.05) is 0 Å². The molecule has 2 rings (SSSR count). The molecule has 0 aliphatic heterocycles. The molecule has 0 aliphatic rings. The fourth-order valence-electron chi connectivity index (χ4n) is 1.39. The summed E-state index contributed by atoms with van der Waals surface area (Å²) in [5.41, 5.74) is -0.732. The third-order valence-electron chi connectivity index (χ3n) is 2.27. The number of nitrogens with one attached hydrogen (secondary N) is 1. The van der Waals surface area contributed by atoms with Crippen LogP contribution in [0.15, 0.2) is 29.1 Å². The van der Waals surface area contributed by atoms with Crippen LogP contribution < -0.4 is 5.32 Å². The van der Waals surface area contributed by atoms with Gasteiger partial charge >= 0.3 is 5.69 Å². The van der Waals surface area contributed by atoms with Gasteiger partial charge in [0.15, 0.2) is 5.82 Å². The van der Waals surface area contributed by atoms with Gasteiger partial charge in [0, 0.05) is 6.07 Å². The number of phenols is 1. The van der Waals surface area contributed by atoms with Crippen LogP contribution in [-0.4, -0.2) is 26.1 Å². The second kappa shape index (κ2) is 5.12. The normalized spacial score (nSPS) is 10.1. The monoisotopic (exact) mass is 264 g/mol. The van der Waals surface area contributed by atoms with Crippen molar-refractivity contribution < 1.29 is 19.3 Å². The Bertz CT molecular complexity index is 610. The minimum absolute atomic E-state index is 0.0164. The molecule has 0 spiro atoms. The first-order valence-corrected chi connectivity index (χ1v) is 5.09. The van der Waals surface area contributed by atoms with E-state index in [9.17, 15) is 20.0 Å². The predicted molar refractivity (Wildman–Crippen MR) is 60.2 cm³/mol. The van der Waals surface area contributed by atoms with E-state index >= 15 is 0 Å². The summed E-state index contributed by atoms with van der Waals surface area (Å²) in [4.78, 5) is 25.3. The molecular formula is C10H8N4O5. The fraction of sp³-hybridized carbons (Fsp3) is 0.100. The first-order chi connectivity index (χ1) is 9.09. The average Bonchev–Trinajstić information content (AvgIpc) is 2.89. The van der Waals surface area contributed by atoms with E-state index in [1.54, 1.807) is 0 Å². The molecule has 1 aromatic heterocycles. The van der Waals surface area contributed by atoms with Crippen molar-refractivity contribution in [1.29, 1.82) is 0 Å². The lowest BCUT2D eigenvalue weighted by Crippen LogP contribution is -2.23. The quantitative estimate of drug-likeness (QED) is 0.610. The zero-order chi connectivity index (χ0) is 13.8. The minimum atomic E-state index is -0.773.